The average Bonchev–Trinajstić information content (AvgIpc) is 3.05. The number of halogens is 1. The summed E-state index contributed by atoms with van der Waals surface area (Å²) in [6.45, 7) is 12.5. The molecule has 242 valence electrons. The molecule has 1 aromatic heterocycles. The normalized spacial score (nSPS) is 23.6. The number of rotatable bonds is 10. The van der Waals surface area contributed by atoms with E-state index in [1.165, 1.54) is 16.7 Å². The third kappa shape index (κ3) is 7.69. The Bertz CT molecular complexity index is 1560. The first-order valence-corrected chi connectivity index (χ1v) is 18.0. The third-order valence-electron chi connectivity index (χ3n) is 10.1. The molecule has 3 aromatic rings. The number of fused-ring (bicyclic) bond motifs is 1. The second kappa shape index (κ2) is 14.7. The van der Waals surface area contributed by atoms with Gasteiger partial charge in [-0.3, -0.25) is 14.3 Å². The molecule has 7 nitrogen and oxygen atoms in total. The first kappa shape index (κ1) is 32.7. The van der Waals surface area contributed by atoms with E-state index in [1.54, 1.807) is 11.8 Å². The van der Waals surface area contributed by atoms with Gasteiger partial charge in [0.25, 0.3) is 5.56 Å². The van der Waals surface area contributed by atoms with Crippen LogP contribution in [-0.2, 0) is 4.74 Å². The van der Waals surface area contributed by atoms with Crippen molar-refractivity contribution in [3.05, 3.63) is 74.8 Å². The van der Waals surface area contributed by atoms with Crippen LogP contribution in [0, 0.1) is 6.92 Å². The zero-order valence-corrected chi connectivity index (χ0v) is 28.7. The Labute approximate surface area is 277 Å². The van der Waals surface area contributed by atoms with Crippen LogP contribution < -0.4 is 10.9 Å². The molecule has 0 spiro atoms. The summed E-state index contributed by atoms with van der Waals surface area (Å²) in [5.74, 6) is 1.81. The van der Waals surface area contributed by atoms with E-state index in [0.717, 1.165) is 123 Å². The van der Waals surface area contributed by atoms with Gasteiger partial charge in [0.1, 0.15) is 5.82 Å². The molecule has 2 saturated heterocycles. The fourth-order valence-corrected chi connectivity index (χ4v) is 8.51. The molecule has 45 heavy (non-hydrogen) atoms. The van der Waals surface area contributed by atoms with E-state index < -0.39 is 0 Å². The van der Waals surface area contributed by atoms with Crippen LogP contribution in [0.1, 0.15) is 62.9 Å². The summed E-state index contributed by atoms with van der Waals surface area (Å²) in [6, 6.07) is 14.7. The van der Waals surface area contributed by atoms with Crippen LogP contribution in [0.2, 0.25) is 5.02 Å². The van der Waals surface area contributed by atoms with Crippen LogP contribution in [0.4, 0.5) is 0 Å². The number of aryl methyl sites for hydroxylation is 1. The molecule has 2 fully saturated rings. The van der Waals surface area contributed by atoms with Crippen molar-refractivity contribution in [2.75, 3.05) is 65.2 Å². The van der Waals surface area contributed by atoms with Gasteiger partial charge >= 0.3 is 0 Å². The molecule has 1 aliphatic carbocycles. The van der Waals surface area contributed by atoms with E-state index in [1.807, 2.05) is 42.9 Å². The molecule has 3 aliphatic rings. The molecular weight excluding hydrogens is 602 g/mol. The second-order valence-corrected chi connectivity index (χ2v) is 14.8. The van der Waals surface area contributed by atoms with Crippen molar-refractivity contribution in [2.45, 2.75) is 68.9 Å². The summed E-state index contributed by atoms with van der Waals surface area (Å²) in [5.41, 5.74) is 5.12. The first-order chi connectivity index (χ1) is 21.8. The lowest BCUT2D eigenvalue weighted by Crippen LogP contribution is -2.47. The van der Waals surface area contributed by atoms with E-state index >= 15 is 0 Å². The number of thioether (sulfide) groups is 1. The monoisotopic (exact) mass is 649 g/mol. The highest BCUT2D eigenvalue weighted by Crippen LogP contribution is 2.40. The highest BCUT2D eigenvalue weighted by molar-refractivity contribution is 7.99. The number of nitrogens with zero attached hydrogens (tertiary/aromatic N) is 4. The van der Waals surface area contributed by atoms with E-state index in [2.05, 4.69) is 40.2 Å². The summed E-state index contributed by atoms with van der Waals surface area (Å²) in [4.78, 5) is 24.9. The molecule has 6 rings (SSSR count). The third-order valence-corrected chi connectivity index (χ3v) is 11.5. The fourth-order valence-electron chi connectivity index (χ4n) is 7.38. The molecule has 2 atom stereocenters. The van der Waals surface area contributed by atoms with E-state index in [-0.39, 0.29) is 17.2 Å². The molecule has 0 radical (unpaired) electrons. The SMILES string of the molecule is COC1(C)CCC(c2ccc(Cl)cc2)=C(CN2CCN(CCCSc3cccc4nc(C)n(C5CCCNC5)c(=O)c34)CC2)C1. The number of benzene rings is 2. The quantitative estimate of drug-likeness (QED) is 0.201. The molecule has 0 bridgehead atoms. The Balaban J connectivity index is 1.03. The summed E-state index contributed by atoms with van der Waals surface area (Å²) in [6.07, 6.45) is 6.27. The van der Waals surface area contributed by atoms with Crippen molar-refractivity contribution in [1.29, 1.82) is 0 Å². The summed E-state index contributed by atoms with van der Waals surface area (Å²) in [7, 11) is 1.85. The maximum atomic E-state index is 13.7. The zero-order valence-electron chi connectivity index (χ0n) is 27.1. The number of hydrogen-bond acceptors (Lipinski definition) is 7. The van der Waals surface area contributed by atoms with E-state index in [9.17, 15) is 4.79 Å². The minimum absolute atomic E-state index is 0.0933. The number of aromatic nitrogens is 2. The maximum Gasteiger partial charge on any atom is 0.262 e. The Hall–Kier alpha value is -2.20. The van der Waals surface area contributed by atoms with Gasteiger partial charge in [0.15, 0.2) is 0 Å². The molecule has 0 amide bonds. The average molecular weight is 650 g/mol. The summed E-state index contributed by atoms with van der Waals surface area (Å²) >= 11 is 8.01. The standard InChI is InChI=1S/C36H48ClN5O2S/c1-26-39-32-8-4-9-33(34(32)35(43)42(26)30-7-5-16-38-24-30)45-22-6-17-40-18-20-41(21-19-40)25-28-23-36(2,44-3)15-14-31(28)27-10-12-29(37)13-11-27/h4,8-13,30,38H,5-7,14-25H2,1-3H3. The van der Waals surface area contributed by atoms with Gasteiger partial charge in [-0.05, 0) is 112 Å². The van der Waals surface area contributed by atoms with Gasteiger partial charge in [0, 0.05) is 56.3 Å². The maximum absolute atomic E-state index is 13.7. The van der Waals surface area contributed by atoms with Gasteiger partial charge in [0.2, 0.25) is 0 Å². The van der Waals surface area contributed by atoms with Gasteiger partial charge in [-0.25, -0.2) is 4.98 Å². The largest absolute Gasteiger partial charge is 0.378 e. The predicted molar refractivity (Wildman–Crippen MR) is 188 cm³/mol. The number of hydrogen-bond donors (Lipinski definition) is 1. The van der Waals surface area contributed by atoms with E-state index in [4.69, 9.17) is 21.3 Å². The first-order valence-electron chi connectivity index (χ1n) is 16.7. The van der Waals surface area contributed by atoms with Gasteiger partial charge in [-0.15, -0.1) is 11.8 Å². The molecule has 2 aliphatic heterocycles. The summed E-state index contributed by atoms with van der Waals surface area (Å²) < 4.78 is 7.91. The van der Waals surface area contributed by atoms with Crippen LogP contribution in [0.5, 0.6) is 0 Å². The van der Waals surface area contributed by atoms with Crippen molar-refractivity contribution < 1.29 is 4.74 Å². The Morgan fingerprint density at radius 2 is 1.89 bits per heavy atom. The zero-order chi connectivity index (χ0) is 31.4. The number of piperazine rings is 1. The lowest BCUT2D eigenvalue weighted by molar-refractivity contribution is -0.00432. The van der Waals surface area contributed by atoms with Crippen molar-refractivity contribution >= 4 is 39.8 Å². The number of nitrogens with one attached hydrogen (secondary N) is 1. The van der Waals surface area contributed by atoms with Crippen molar-refractivity contribution in [3.63, 3.8) is 0 Å². The van der Waals surface area contributed by atoms with Crippen LogP contribution in [0.15, 0.2) is 57.7 Å². The number of methoxy groups -OCH3 is 1. The van der Waals surface area contributed by atoms with Crippen LogP contribution >= 0.6 is 23.4 Å². The van der Waals surface area contributed by atoms with Gasteiger partial charge in [-0.2, -0.15) is 0 Å². The second-order valence-electron chi connectivity index (χ2n) is 13.2. The molecule has 3 heterocycles. The molecule has 9 heteroatoms. The highest BCUT2D eigenvalue weighted by atomic mass is 35.5. The highest BCUT2D eigenvalue weighted by Gasteiger charge is 2.32. The van der Waals surface area contributed by atoms with Gasteiger partial charge in [0.05, 0.1) is 22.5 Å². The van der Waals surface area contributed by atoms with Crippen LogP contribution in [0.3, 0.4) is 0 Å². The Kier molecular flexibility index (Phi) is 10.7. The topological polar surface area (TPSA) is 62.6 Å². The number of piperidine rings is 1. The minimum Gasteiger partial charge on any atom is -0.378 e. The smallest absolute Gasteiger partial charge is 0.262 e. The molecule has 2 aromatic carbocycles. The minimum atomic E-state index is -0.0933. The van der Waals surface area contributed by atoms with Crippen molar-refractivity contribution in [3.8, 4) is 0 Å². The molecule has 1 N–H and O–H groups in total. The predicted octanol–water partition coefficient (Wildman–Crippen LogP) is 6.43. The van der Waals surface area contributed by atoms with Crippen LogP contribution in [0.25, 0.3) is 16.5 Å². The molecular formula is C36H48ClN5O2S. The lowest BCUT2D eigenvalue weighted by atomic mass is 9.79. The number of allylic oxidation sites excluding steroid dienone is 1. The summed E-state index contributed by atoms with van der Waals surface area (Å²) in [5, 5.41) is 5.02. The number of ether oxygens (including phenoxy) is 1. The van der Waals surface area contributed by atoms with Crippen LogP contribution in [-0.4, -0.2) is 90.2 Å². The fraction of sp³-hybridized carbons (Fsp3) is 0.556. The lowest BCUT2D eigenvalue weighted by Gasteiger charge is -2.39. The Morgan fingerprint density at radius 1 is 1.11 bits per heavy atom. The molecule has 2 unspecified atom stereocenters. The van der Waals surface area contributed by atoms with E-state index in [0.29, 0.717) is 0 Å². The van der Waals surface area contributed by atoms with Gasteiger partial charge < -0.3 is 15.0 Å². The van der Waals surface area contributed by atoms with Gasteiger partial charge in [-0.1, -0.05) is 29.8 Å². The Morgan fingerprint density at radius 3 is 2.62 bits per heavy atom. The van der Waals surface area contributed by atoms with Crippen molar-refractivity contribution in [1.82, 2.24) is 24.7 Å². The molecule has 0 saturated carbocycles. The van der Waals surface area contributed by atoms with Crippen molar-refractivity contribution in [2.24, 2.45) is 0 Å².